The van der Waals surface area contributed by atoms with Crippen LogP contribution in [0.4, 0.5) is 10.1 Å². The van der Waals surface area contributed by atoms with Crippen LogP contribution in [0.25, 0.3) is 0 Å². The second-order valence-corrected chi connectivity index (χ2v) is 6.98. The summed E-state index contributed by atoms with van der Waals surface area (Å²) in [6.45, 7) is 0.450. The average Bonchev–Trinajstić information content (AvgIpc) is 2.60. The average molecular weight is 412 g/mol. The number of hydrogen-bond donors (Lipinski definition) is 1. The third-order valence-electron chi connectivity index (χ3n) is 3.81. The van der Waals surface area contributed by atoms with Gasteiger partial charge in [0.2, 0.25) is 11.8 Å². The number of benzene rings is 2. The van der Waals surface area contributed by atoms with Gasteiger partial charge < -0.3 is 10.2 Å². The summed E-state index contributed by atoms with van der Waals surface area (Å²) >= 11 is 12.2. The van der Waals surface area contributed by atoms with E-state index in [9.17, 15) is 14.0 Å². The van der Waals surface area contributed by atoms with Gasteiger partial charge in [0.15, 0.2) is 0 Å². The Kier molecular flexibility index (Phi) is 7.59. The Bertz CT molecular complexity index is 815. The smallest absolute Gasteiger partial charge is 0.243 e. The SMILES string of the molecule is CN(CC(=O)N(C)CC(=O)Nc1ccc(F)cc1)Cc1cccc(Cl)c1Cl. The number of amides is 2. The Balaban J connectivity index is 1.84. The molecule has 0 radical (unpaired) electrons. The number of likely N-dealkylation sites (N-methyl/N-ethyl adjacent to an activating group) is 2. The van der Waals surface area contributed by atoms with Gasteiger partial charge in [-0.15, -0.1) is 0 Å². The minimum atomic E-state index is -0.386. The van der Waals surface area contributed by atoms with Crippen molar-refractivity contribution in [1.82, 2.24) is 9.80 Å². The number of hydrogen-bond acceptors (Lipinski definition) is 3. The number of carbonyl (C=O) groups is 2. The van der Waals surface area contributed by atoms with Gasteiger partial charge in [0.25, 0.3) is 0 Å². The summed E-state index contributed by atoms with van der Waals surface area (Å²) in [5, 5.41) is 3.54. The van der Waals surface area contributed by atoms with E-state index in [1.807, 2.05) is 6.07 Å². The van der Waals surface area contributed by atoms with Crippen LogP contribution in [0.5, 0.6) is 0 Å². The minimum absolute atomic E-state index is 0.109. The summed E-state index contributed by atoms with van der Waals surface area (Å²) in [5.74, 6) is -0.967. The molecular weight excluding hydrogens is 392 g/mol. The van der Waals surface area contributed by atoms with Crippen molar-refractivity contribution in [3.8, 4) is 0 Å². The predicted molar refractivity (Wildman–Crippen MR) is 105 cm³/mol. The third-order valence-corrected chi connectivity index (χ3v) is 4.67. The van der Waals surface area contributed by atoms with Crippen molar-refractivity contribution in [3.63, 3.8) is 0 Å². The van der Waals surface area contributed by atoms with Gasteiger partial charge in [-0.3, -0.25) is 14.5 Å². The highest BCUT2D eigenvalue weighted by Crippen LogP contribution is 2.26. The number of rotatable bonds is 7. The van der Waals surface area contributed by atoms with Gasteiger partial charge in [-0.25, -0.2) is 4.39 Å². The van der Waals surface area contributed by atoms with Gasteiger partial charge in [0, 0.05) is 19.3 Å². The Morgan fingerprint density at radius 3 is 2.37 bits per heavy atom. The maximum absolute atomic E-state index is 12.9. The summed E-state index contributed by atoms with van der Waals surface area (Å²) in [5.41, 5.74) is 1.28. The zero-order chi connectivity index (χ0) is 20.0. The molecule has 0 aliphatic carbocycles. The normalized spacial score (nSPS) is 10.7. The third kappa shape index (κ3) is 6.50. The molecule has 0 unspecified atom stereocenters. The lowest BCUT2D eigenvalue weighted by Crippen LogP contribution is -2.40. The van der Waals surface area contributed by atoms with E-state index in [-0.39, 0.29) is 30.7 Å². The molecule has 2 amide bonds. The first-order valence-electron chi connectivity index (χ1n) is 8.17. The van der Waals surface area contributed by atoms with Gasteiger partial charge in [0.05, 0.1) is 23.1 Å². The minimum Gasteiger partial charge on any atom is -0.335 e. The van der Waals surface area contributed by atoms with E-state index in [0.717, 1.165) is 5.56 Å². The molecule has 0 heterocycles. The van der Waals surface area contributed by atoms with Crippen LogP contribution in [0.3, 0.4) is 0 Å². The number of nitrogens with one attached hydrogen (secondary N) is 1. The second-order valence-electron chi connectivity index (χ2n) is 6.19. The largest absolute Gasteiger partial charge is 0.335 e. The van der Waals surface area contributed by atoms with Crippen molar-refractivity contribution in [2.45, 2.75) is 6.54 Å². The first-order valence-corrected chi connectivity index (χ1v) is 8.92. The summed E-state index contributed by atoms with van der Waals surface area (Å²) in [4.78, 5) is 27.5. The Hall–Kier alpha value is -2.15. The van der Waals surface area contributed by atoms with Crippen molar-refractivity contribution in [2.24, 2.45) is 0 Å². The van der Waals surface area contributed by atoms with Gasteiger partial charge in [-0.1, -0.05) is 35.3 Å². The molecule has 0 aliphatic heterocycles. The molecule has 1 N–H and O–H groups in total. The highest BCUT2D eigenvalue weighted by atomic mass is 35.5. The molecule has 2 rings (SSSR count). The molecule has 2 aromatic carbocycles. The molecule has 5 nitrogen and oxygen atoms in total. The van der Waals surface area contributed by atoms with E-state index in [2.05, 4.69) is 5.32 Å². The molecule has 0 bridgehead atoms. The zero-order valence-electron chi connectivity index (χ0n) is 15.0. The van der Waals surface area contributed by atoms with Crippen LogP contribution >= 0.6 is 23.2 Å². The van der Waals surface area contributed by atoms with E-state index in [1.54, 1.807) is 31.1 Å². The van der Waals surface area contributed by atoms with Crippen molar-refractivity contribution in [1.29, 1.82) is 0 Å². The molecule has 0 fully saturated rings. The van der Waals surface area contributed by atoms with Crippen molar-refractivity contribution < 1.29 is 14.0 Å². The summed E-state index contributed by atoms with van der Waals surface area (Å²) in [7, 11) is 3.33. The fraction of sp³-hybridized carbons (Fsp3) is 0.263. The molecular formula is C19H20Cl2FN3O2. The van der Waals surface area contributed by atoms with E-state index in [4.69, 9.17) is 23.2 Å². The van der Waals surface area contributed by atoms with Crippen LogP contribution in [-0.2, 0) is 16.1 Å². The van der Waals surface area contributed by atoms with Crippen LogP contribution in [0, 0.1) is 5.82 Å². The molecule has 0 saturated heterocycles. The highest BCUT2D eigenvalue weighted by molar-refractivity contribution is 6.42. The molecule has 0 aliphatic rings. The van der Waals surface area contributed by atoms with Crippen LogP contribution in [-0.4, -0.2) is 48.8 Å². The molecule has 2 aromatic rings. The summed E-state index contributed by atoms with van der Waals surface area (Å²) in [6, 6.07) is 10.8. The van der Waals surface area contributed by atoms with Crippen LogP contribution in [0.2, 0.25) is 10.0 Å². The Labute approximate surface area is 167 Å². The lowest BCUT2D eigenvalue weighted by Gasteiger charge is -2.22. The van der Waals surface area contributed by atoms with Crippen molar-refractivity contribution in [3.05, 3.63) is 63.9 Å². The quantitative estimate of drug-likeness (QED) is 0.755. The van der Waals surface area contributed by atoms with Crippen LogP contribution < -0.4 is 5.32 Å². The molecule has 0 aromatic heterocycles. The van der Waals surface area contributed by atoms with Gasteiger partial charge >= 0.3 is 0 Å². The molecule has 8 heteroatoms. The van der Waals surface area contributed by atoms with E-state index in [1.165, 1.54) is 29.2 Å². The maximum atomic E-state index is 12.9. The monoisotopic (exact) mass is 411 g/mol. The van der Waals surface area contributed by atoms with E-state index < -0.39 is 0 Å². The van der Waals surface area contributed by atoms with Gasteiger partial charge in [-0.2, -0.15) is 0 Å². The number of nitrogens with zero attached hydrogens (tertiary/aromatic N) is 2. The lowest BCUT2D eigenvalue weighted by molar-refractivity contribution is -0.134. The lowest BCUT2D eigenvalue weighted by atomic mass is 10.2. The first-order chi connectivity index (χ1) is 12.8. The molecule has 0 saturated carbocycles. The van der Waals surface area contributed by atoms with Gasteiger partial charge in [-0.05, 0) is 42.9 Å². The highest BCUT2D eigenvalue weighted by Gasteiger charge is 2.16. The Morgan fingerprint density at radius 1 is 1.04 bits per heavy atom. The fourth-order valence-electron chi connectivity index (χ4n) is 2.41. The molecule has 0 atom stereocenters. The standard InChI is InChI=1S/C19H20Cl2FN3O2/c1-24(10-13-4-3-5-16(20)19(13)21)12-18(27)25(2)11-17(26)23-15-8-6-14(22)7-9-15/h3-9H,10-12H2,1-2H3,(H,23,26). The van der Waals surface area contributed by atoms with Crippen LogP contribution in [0.15, 0.2) is 42.5 Å². The summed E-state index contributed by atoms with van der Waals surface area (Å²) in [6.07, 6.45) is 0. The number of anilines is 1. The first kappa shape index (κ1) is 21.2. The Morgan fingerprint density at radius 2 is 1.70 bits per heavy atom. The van der Waals surface area contributed by atoms with Crippen molar-refractivity contribution >= 4 is 40.7 Å². The topological polar surface area (TPSA) is 52.7 Å². The fourth-order valence-corrected chi connectivity index (χ4v) is 2.79. The molecule has 144 valence electrons. The number of halogens is 3. The van der Waals surface area contributed by atoms with Crippen LogP contribution in [0.1, 0.15) is 5.56 Å². The maximum Gasteiger partial charge on any atom is 0.243 e. The molecule has 27 heavy (non-hydrogen) atoms. The molecule has 0 spiro atoms. The number of carbonyl (C=O) groups excluding carboxylic acids is 2. The predicted octanol–water partition coefficient (Wildman–Crippen LogP) is 3.66. The van der Waals surface area contributed by atoms with E-state index in [0.29, 0.717) is 22.3 Å². The van der Waals surface area contributed by atoms with Gasteiger partial charge in [0.1, 0.15) is 5.82 Å². The summed E-state index contributed by atoms with van der Waals surface area (Å²) < 4.78 is 12.9. The van der Waals surface area contributed by atoms with E-state index >= 15 is 0 Å². The second kappa shape index (κ2) is 9.69. The zero-order valence-corrected chi connectivity index (χ0v) is 16.5. The van der Waals surface area contributed by atoms with Crippen molar-refractivity contribution in [2.75, 3.05) is 32.5 Å².